The Kier molecular flexibility index (Phi) is 3.74. The minimum Gasteiger partial charge on any atom is -0.351 e. The van der Waals surface area contributed by atoms with Gasteiger partial charge in [-0.25, -0.2) is 9.97 Å². The Morgan fingerprint density at radius 3 is 2.36 bits per heavy atom. The predicted molar refractivity (Wildman–Crippen MR) is 77.0 cm³/mol. The Bertz CT molecular complexity index is 663. The molecule has 1 aromatic heterocycles. The molecule has 1 aromatic carbocycles. The van der Waals surface area contributed by atoms with Crippen molar-refractivity contribution in [2.75, 3.05) is 5.32 Å². The smallest absolute Gasteiger partial charge is 0.351 e. The van der Waals surface area contributed by atoms with Gasteiger partial charge >= 0.3 is 6.18 Å². The maximum absolute atomic E-state index is 12.6. The van der Waals surface area contributed by atoms with Gasteiger partial charge in [0.25, 0.3) is 0 Å². The zero-order chi connectivity index (χ0) is 15.7. The van der Waals surface area contributed by atoms with Crippen molar-refractivity contribution in [1.82, 2.24) is 9.97 Å². The Morgan fingerprint density at radius 1 is 1.14 bits per heavy atom. The van der Waals surface area contributed by atoms with Crippen molar-refractivity contribution in [3.8, 4) is 11.3 Å². The highest BCUT2D eigenvalue weighted by Gasteiger charge is 2.30. The van der Waals surface area contributed by atoms with E-state index in [0.717, 1.165) is 25.0 Å². The third-order valence-electron chi connectivity index (χ3n) is 3.41. The van der Waals surface area contributed by atoms with E-state index in [1.807, 2.05) is 0 Å². The lowest BCUT2D eigenvalue weighted by Gasteiger charge is -2.10. The summed E-state index contributed by atoms with van der Waals surface area (Å²) >= 11 is 0. The van der Waals surface area contributed by atoms with Gasteiger partial charge in [-0.05, 0) is 31.0 Å². The van der Waals surface area contributed by atoms with Gasteiger partial charge in [0.2, 0.25) is 5.95 Å². The number of hydrogen-bond acceptors (Lipinski definition) is 4. The highest BCUT2D eigenvalue weighted by molar-refractivity contribution is 5.61. The van der Waals surface area contributed by atoms with Crippen LogP contribution in [0.25, 0.3) is 11.3 Å². The molecule has 116 valence electrons. The lowest BCUT2D eigenvalue weighted by atomic mass is 10.1. The molecule has 3 rings (SSSR count). The maximum atomic E-state index is 12.6. The molecule has 22 heavy (non-hydrogen) atoms. The third kappa shape index (κ3) is 3.36. The fourth-order valence-corrected chi connectivity index (χ4v) is 2.05. The normalized spacial score (nSPS) is 14.9. The number of aromatic nitrogens is 2. The van der Waals surface area contributed by atoms with Crippen molar-refractivity contribution in [3.05, 3.63) is 41.6 Å². The molecule has 1 saturated carbocycles. The molecule has 0 atom stereocenters. The van der Waals surface area contributed by atoms with Gasteiger partial charge in [-0.1, -0.05) is 12.1 Å². The number of rotatable bonds is 4. The second-order valence-corrected chi connectivity index (χ2v) is 5.27. The molecule has 1 heterocycles. The van der Waals surface area contributed by atoms with Gasteiger partial charge in [-0.15, -0.1) is 0 Å². The van der Waals surface area contributed by atoms with Gasteiger partial charge in [0.05, 0.1) is 17.0 Å². The number of alkyl halides is 3. The zero-order valence-electron chi connectivity index (χ0n) is 11.7. The summed E-state index contributed by atoms with van der Waals surface area (Å²) in [6, 6.07) is 6.99. The molecule has 0 saturated heterocycles. The molecule has 1 aliphatic carbocycles. The Labute approximate surface area is 125 Å². The van der Waals surface area contributed by atoms with E-state index < -0.39 is 11.7 Å². The lowest BCUT2D eigenvalue weighted by molar-refractivity contribution is -0.137. The summed E-state index contributed by atoms with van der Waals surface area (Å²) in [5.74, 6) is 0.473. The summed E-state index contributed by atoms with van der Waals surface area (Å²) in [7, 11) is 0. The Morgan fingerprint density at radius 2 is 1.82 bits per heavy atom. The first-order chi connectivity index (χ1) is 10.5. The molecule has 0 aliphatic heterocycles. The number of nitrogens with two attached hydrogens (primary N) is 1. The van der Waals surface area contributed by atoms with Gasteiger partial charge in [0.1, 0.15) is 0 Å². The van der Waals surface area contributed by atoms with Crippen LogP contribution in [0.2, 0.25) is 0 Å². The first-order valence-electron chi connectivity index (χ1n) is 6.98. The zero-order valence-corrected chi connectivity index (χ0v) is 11.7. The highest BCUT2D eigenvalue weighted by atomic mass is 19.4. The van der Waals surface area contributed by atoms with E-state index in [4.69, 9.17) is 5.73 Å². The van der Waals surface area contributed by atoms with Crippen LogP contribution in [0.1, 0.15) is 24.1 Å². The molecule has 1 fully saturated rings. The summed E-state index contributed by atoms with van der Waals surface area (Å²) in [4.78, 5) is 8.65. The Hall–Kier alpha value is -2.15. The molecular weight excluding hydrogens is 293 g/mol. The van der Waals surface area contributed by atoms with Crippen molar-refractivity contribution in [3.63, 3.8) is 0 Å². The summed E-state index contributed by atoms with van der Waals surface area (Å²) < 4.78 is 37.8. The second-order valence-electron chi connectivity index (χ2n) is 5.27. The molecule has 0 spiro atoms. The molecule has 2 aromatic rings. The van der Waals surface area contributed by atoms with Crippen molar-refractivity contribution in [2.24, 2.45) is 5.73 Å². The average molecular weight is 308 g/mol. The fraction of sp³-hybridized carbons (Fsp3) is 0.333. The molecule has 0 radical (unpaired) electrons. The number of nitrogens with zero attached hydrogens (tertiary/aromatic N) is 2. The average Bonchev–Trinajstić information content (AvgIpc) is 3.30. The first-order valence-corrected chi connectivity index (χ1v) is 6.98. The fourth-order valence-electron chi connectivity index (χ4n) is 2.05. The molecule has 0 amide bonds. The molecule has 7 heteroatoms. The minimum absolute atomic E-state index is 0.246. The van der Waals surface area contributed by atoms with Gasteiger partial charge in [-0.2, -0.15) is 13.2 Å². The van der Waals surface area contributed by atoms with Crippen LogP contribution in [0.5, 0.6) is 0 Å². The van der Waals surface area contributed by atoms with Crippen LogP contribution in [-0.4, -0.2) is 16.0 Å². The number of anilines is 1. The predicted octanol–water partition coefficient (Wildman–Crippen LogP) is 3.20. The van der Waals surface area contributed by atoms with E-state index >= 15 is 0 Å². The van der Waals surface area contributed by atoms with Crippen LogP contribution in [-0.2, 0) is 12.7 Å². The van der Waals surface area contributed by atoms with E-state index in [-0.39, 0.29) is 6.54 Å². The molecule has 0 unspecified atom stereocenters. The number of benzene rings is 1. The standard InChI is InChI=1S/C15H15F3N4/c16-15(17,18)10-3-1-9(2-4-10)13-7-12(8-19)21-14(22-13)20-11-5-6-11/h1-4,7,11H,5-6,8,19H2,(H,20,21,22). The lowest BCUT2D eigenvalue weighted by Crippen LogP contribution is -2.09. The van der Waals surface area contributed by atoms with Gasteiger partial charge in [-0.3, -0.25) is 0 Å². The molecule has 1 aliphatic rings. The minimum atomic E-state index is -4.34. The van der Waals surface area contributed by atoms with Crippen LogP contribution in [0, 0.1) is 0 Å². The van der Waals surface area contributed by atoms with Crippen LogP contribution in [0.3, 0.4) is 0 Å². The summed E-state index contributed by atoms with van der Waals surface area (Å²) in [6.45, 7) is 0.246. The largest absolute Gasteiger partial charge is 0.416 e. The third-order valence-corrected chi connectivity index (χ3v) is 3.41. The van der Waals surface area contributed by atoms with E-state index in [0.29, 0.717) is 28.9 Å². The van der Waals surface area contributed by atoms with Crippen LogP contribution in [0.4, 0.5) is 19.1 Å². The van der Waals surface area contributed by atoms with Gasteiger partial charge in [0, 0.05) is 18.2 Å². The highest BCUT2D eigenvalue weighted by Crippen LogP contribution is 2.31. The summed E-state index contributed by atoms with van der Waals surface area (Å²) in [6.07, 6.45) is -2.19. The van der Waals surface area contributed by atoms with Crippen LogP contribution >= 0.6 is 0 Å². The van der Waals surface area contributed by atoms with Crippen molar-refractivity contribution >= 4 is 5.95 Å². The first kappa shape index (κ1) is 14.8. The Balaban J connectivity index is 1.92. The van der Waals surface area contributed by atoms with Crippen molar-refractivity contribution in [1.29, 1.82) is 0 Å². The van der Waals surface area contributed by atoms with E-state index in [1.54, 1.807) is 6.07 Å². The van der Waals surface area contributed by atoms with Crippen LogP contribution < -0.4 is 11.1 Å². The van der Waals surface area contributed by atoms with Gasteiger partial charge in [0.15, 0.2) is 0 Å². The summed E-state index contributed by atoms with van der Waals surface area (Å²) in [5, 5.41) is 3.18. The number of halogens is 3. The van der Waals surface area contributed by atoms with E-state index in [1.165, 1.54) is 12.1 Å². The SMILES string of the molecule is NCc1cc(-c2ccc(C(F)(F)F)cc2)nc(NC2CC2)n1. The molecule has 3 N–H and O–H groups in total. The topological polar surface area (TPSA) is 63.8 Å². The van der Waals surface area contributed by atoms with Crippen molar-refractivity contribution < 1.29 is 13.2 Å². The van der Waals surface area contributed by atoms with E-state index in [9.17, 15) is 13.2 Å². The molecule has 0 bridgehead atoms. The maximum Gasteiger partial charge on any atom is 0.416 e. The van der Waals surface area contributed by atoms with Gasteiger partial charge < -0.3 is 11.1 Å². The quantitative estimate of drug-likeness (QED) is 0.910. The number of hydrogen-bond donors (Lipinski definition) is 2. The van der Waals surface area contributed by atoms with Crippen molar-refractivity contribution in [2.45, 2.75) is 31.6 Å². The number of nitrogens with one attached hydrogen (secondary N) is 1. The summed E-state index contributed by atoms with van der Waals surface area (Å²) in [5.41, 5.74) is 6.76. The monoisotopic (exact) mass is 308 g/mol. The molecular formula is C15H15F3N4. The van der Waals surface area contributed by atoms with E-state index in [2.05, 4.69) is 15.3 Å². The molecule has 4 nitrogen and oxygen atoms in total. The second kappa shape index (κ2) is 5.57. The van der Waals surface area contributed by atoms with Crippen LogP contribution in [0.15, 0.2) is 30.3 Å².